The van der Waals surface area contributed by atoms with Crippen LogP contribution in [0.15, 0.2) is 53.5 Å². The van der Waals surface area contributed by atoms with Crippen molar-refractivity contribution in [1.29, 1.82) is 0 Å². The van der Waals surface area contributed by atoms with E-state index in [4.69, 9.17) is 4.98 Å². The molecule has 1 N–H and O–H groups in total. The summed E-state index contributed by atoms with van der Waals surface area (Å²) in [5.41, 5.74) is 2.21. The molecule has 0 aliphatic carbocycles. The summed E-state index contributed by atoms with van der Waals surface area (Å²) >= 11 is 3.26. The van der Waals surface area contributed by atoms with Crippen molar-refractivity contribution in [2.75, 3.05) is 18.0 Å². The highest BCUT2D eigenvalue weighted by atomic mass is 32.1. The molecular formula is C20H18N4OS2. The molecule has 0 amide bonds. The van der Waals surface area contributed by atoms with Crippen LogP contribution in [-0.2, 0) is 5.60 Å². The van der Waals surface area contributed by atoms with E-state index in [0.29, 0.717) is 12.8 Å². The van der Waals surface area contributed by atoms with Crippen LogP contribution in [0.4, 0.5) is 5.82 Å². The van der Waals surface area contributed by atoms with Crippen molar-refractivity contribution >= 4 is 38.8 Å². The number of piperidine rings is 1. The maximum absolute atomic E-state index is 11.1. The number of benzene rings is 1. The van der Waals surface area contributed by atoms with E-state index in [2.05, 4.69) is 31.7 Å². The Bertz CT molecular complexity index is 1050. The van der Waals surface area contributed by atoms with E-state index in [0.717, 1.165) is 45.4 Å². The van der Waals surface area contributed by atoms with E-state index in [-0.39, 0.29) is 0 Å². The Morgan fingerprint density at radius 1 is 1.04 bits per heavy atom. The summed E-state index contributed by atoms with van der Waals surface area (Å²) in [7, 11) is 0. The Hall–Kier alpha value is -2.35. The third-order valence-electron chi connectivity index (χ3n) is 5.15. The summed E-state index contributed by atoms with van der Waals surface area (Å²) in [6.45, 7) is 1.48. The molecule has 136 valence electrons. The zero-order chi connectivity index (χ0) is 18.3. The molecule has 0 spiro atoms. The summed E-state index contributed by atoms with van der Waals surface area (Å²) in [5, 5.41) is 16.2. The molecular weight excluding hydrogens is 376 g/mol. The van der Waals surface area contributed by atoms with Crippen LogP contribution in [0.3, 0.4) is 0 Å². The minimum atomic E-state index is -0.770. The first-order chi connectivity index (χ1) is 13.2. The molecule has 0 atom stereocenters. The van der Waals surface area contributed by atoms with E-state index in [1.54, 1.807) is 29.0 Å². The van der Waals surface area contributed by atoms with Crippen molar-refractivity contribution in [1.82, 2.24) is 15.0 Å². The quantitative estimate of drug-likeness (QED) is 0.561. The third kappa shape index (κ3) is 3.01. The number of hydrogen-bond donors (Lipinski definition) is 1. The predicted octanol–water partition coefficient (Wildman–Crippen LogP) is 4.30. The molecule has 4 aromatic rings. The van der Waals surface area contributed by atoms with Gasteiger partial charge in [0.25, 0.3) is 0 Å². The Labute approximate surface area is 165 Å². The molecule has 1 aromatic carbocycles. The summed E-state index contributed by atoms with van der Waals surface area (Å²) < 4.78 is 0. The number of fused-ring (bicyclic) bond motifs is 1. The number of aliphatic hydroxyl groups is 1. The lowest BCUT2D eigenvalue weighted by Crippen LogP contribution is -2.43. The van der Waals surface area contributed by atoms with Gasteiger partial charge in [0, 0.05) is 24.0 Å². The first-order valence-corrected chi connectivity index (χ1v) is 10.7. The van der Waals surface area contributed by atoms with Gasteiger partial charge in [-0.2, -0.15) is 11.3 Å². The van der Waals surface area contributed by atoms with Crippen LogP contribution in [0, 0.1) is 0 Å². The molecule has 4 heterocycles. The highest BCUT2D eigenvalue weighted by Crippen LogP contribution is 2.37. The van der Waals surface area contributed by atoms with E-state index >= 15 is 0 Å². The van der Waals surface area contributed by atoms with Crippen LogP contribution >= 0.6 is 22.7 Å². The van der Waals surface area contributed by atoms with Crippen LogP contribution in [0.1, 0.15) is 18.4 Å². The monoisotopic (exact) mass is 394 g/mol. The van der Waals surface area contributed by atoms with Crippen molar-refractivity contribution in [3.8, 4) is 10.6 Å². The molecule has 1 aliphatic rings. The van der Waals surface area contributed by atoms with Crippen molar-refractivity contribution in [2.24, 2.45) is 0 Å². The highest BCUT2D eigenvalue weighted by molar-refractivity contribution is 7.21. The SMILES string of the molecule is OC1(c2ccccc2)CCN(c2ncnc3sc(-c4ccsc4)nc23)CC1. The van der Waals surface area contributed by atoms with Gasteiger partial charge in [0.2, 0.25) is 0 Å². The van der Waals surface area contributed by atoms with Crippen LogP contribution in [-0.4, -0.2) is 33.1 Å². The Morgan fingerprint density at radius 2 is 1.85 bits per heavy atom. The van der Waals surface area contributed by atoms with Crippen molar-refractivity contribution in [3.63, 3.8) is 0 Å². The van der Waals surface area contributed by atoms with Crippen molar-refractivity contribution in [3.05, 3.63) is 59.0 Å². The Morgan fingerprint density at radius 3 is 2.59 bits per heavy atom. The summed E-state index contributed by atoms with van der Waals surface area (Å²) in [6.07, 6.45) is 2.96. The number of nitrogens with zero attached hydrogens (tertiary/aromatic N) is 4. The molecule has 5 rings (SSSR count). The van der Waals surface area contributed by atoms with Gasteiger partial charge < -0.3 is 10.0 Å². The third-order valence-corrected chi connectivity index (χ3v) is 6.84. The normalized spacial score (nSPS) is 16.7. The molecule has 0 bridgehead atoms. The summed E-state index contributed by atoms with van der Waals surface area (Å²) in [5.74, 6) is 0.868. The van der Waals surface area contributed by atoms with Gasteiger partial charge in [0.15, 0.2) is 5.82 Å². The summed E-state index contributed by atoms with van der Waals surface area (Å²) in [4.78, 5) is 16.9. The molecule has 0 unspecified atom stereocenters. The van der Waals surface area contributed by atoms with Crippen LogP contribution in [0.25, 0.3) is 20.9 Å². The molecule has 1 aliphatic heterocycles. The fraction of sp³-hybridized carbons (Fsp3) is 0.250. The first kappa shape index (κ1) is 16.8. The lowest BCUT2D eigenvalue weighted by Gasteiger charge is -2.39. The van der Waals surface area contributed by atoms with E-state index in [1.807, 2.05) is 30.3 Å². The average Bonchev–Trinajstić information content (AvgIpc) is 3.39. The largest absolute Gasteiger partial charge is 0.385 e. The lowest BCUT2D eigenvalue weighted by molar-refractivity contribution is 0.0117. The fourth-order valence-electron chi connectivity index (χ4n) is 3.61. The van der Waals surface area contributed by atoms with Crippen molar-refractivity contribution < 1.29 is 5.11 Å². The minimum Gasteiger partial charge on any atom is -0.385 e. The molecule has 0 radical (unpaired) electrons. The lowest BCUT2D eigenvalue weighted by atomic mass is 9.84. The number of anilines is 1. The van der Waals surface area contributed by atoms with Gasteiger partial charge in [-0.3, -0.25) is 0 Å². The van der Waals surface area contributed by atoms with E-state index < -0.39 is 5.60 Å². The number of thiophene rings is 1. The molecule has 27 heavy (non-hydrogen) atoms. The number of rotatable bonds is 3. The second-order valence-electron chi connectivity index (χ2n) is 6.77. The Kier molecular flexibility index (Phi) is 4.15. The number of aromatic nitrogens is 3. The predicted molar refractivity (Wildman–Crippen MR) is 110 cm³/mol. The average molecular weight is 395 g/mol. The molecule has 5 nitrogen and oxygen atoms in total. The molecule has 1 fully saturated rings. The maximum Gasteiger partial charge on any atom is 0.159 e. The van der Waals surface area contributed by atoms with Gasteiger partial charge in [-0.15, -0.1) is 0 Å². The van der Waals surface area contributed by atoms with Crippen LogP contribution in [0.2, 0.25) is 0 Å². The number of hydrogen-bond acceptors (Lipinski definition) is 7. The van der Waals surface area contributed by atoms with E-state index in [1.165, 1.54) is 0 Å². The van der Waals surface area contributed by atoms with Gasteiger partial charge in [-0.05, 0) is 29.9 Å². The zero-order valence-corrected chi connectivity index (χ0v) is 16.2. The van der Waals surface area contributed by atoms with Gasteiger partial charge >= 0.3 is 0 Å². The Balaban J connectivity index is 1.44. The van der Waals surface area contributed by atoms with Gasteiger partial charge in [-0.1, -0.05) is 41.7 Å². The topological polar surface area (TPSA) is 62.1 Å². The van der Waals surface area contributed by atoms with Gasteiger partial charge in [0.05, 0.1) is 5.60 Å². The standard InChI is InChI=1S/C20H18N4OS2/c25-20(15-4-2-1-3-5-15)7-9-24(10-8-20)17-16-19(22-13-21-17)27-18(23-16)14-6-11-26-12-14/h1-6,11-13,25H,7-10H2. The van der Waals surface area contributed by atoms with Crippen LogP contribution in [0.5, 0.6) is 0 Å². The molecule has 0 saturated carbocycles. The van der Waals surface area contributed by atoms with E-state index in [9.17, 15) is 5.11 Å². The van der Waals surface area contributed by atoms with Crippen molar-refractivity contribution in [2.45, 2.75) is 18.4 Å². The first-order valence-electron chi connectivity index (χ1n) is 8.90. The minimum absolute atomic E-state index is 0.671. The van der Waals surface area contributed by atoms with Gasteiger partial charge in [-0.25, -0.2) is 15.0 Å². The zero-order valence-electron chi connectivity index (χ0n) is 14.6. The number of thiazole rings is 1. The van der Waals surface area contributed by atoms with Gasteiger partial charge in [0.1, 0.15) is 21.7 Å². The second kappa shape index (κ2) is 6.67. The molecule has 3 aromatic heterocycles. The fourth-order valence-corrected chi connectivity index (χ4v) is 5.22. The van der Waals surface area contributed by atoms with Crippen LogP contribution < -0.4 is 4.90 Å². The maximum atomic E-state index is 11.1. The molecule has 1 saturated heterocycles. The highest BCUT2D eigenvalue weighted by Gasteiger charge is 2.35. The molecule has 7 heteroatoms. The summed E-state index contributed by atoms with van der Waals surface area (Å²) in [6, 6.07) is 12.0. The second-order valence-corrected chi connectivity index (χ2v) is 8.52. The smallest absolute Gasteiger partial charge is 0.159 e.